The Morgan fingerprint density at radius 1 is 1.35 bits per heavy atom. The van der Waals surface area contributed by atoms with Crippen LogP contribution in [0.5, 0.6) is 0 Å². The number of hydrogen-bond acceptors (Lipinski definition) is 2. The summed E-state index contributed by atoms with van der Waals surface area (Å²) in [4.78, 5) is 2.67. The second-order valence-corrected chi connectivity index (χ2v) is 6.03. The van der Waals surface area contributed by atoms with Crippen LogP contribution in [0.3, 0.4) is 0 Å². The van der Waals surface area contributed by atoms with Crippen LogP contribution in [0.1, 0.15) is 52.4 Å². The minimum atomic E-state index is 0.343. The summed E-state index contributed by atoms with van der Waals surface area (Å²) in [5, 5.41) is 10.1. The molecule has 3 heteroatoms. The number of alkyl halides is 1. The van der Waals surface area contributed by atoms with E-state index in [0.717, 1.165) is 17.8 Å². The van der Waals surface area contributed by atoms with Gasteiger partial charge in [0.2, 0.25) is 0 Å². The monoisotopic (exact) mass is 305 g/mol. The van der Waals surface area contributed by atoms with Crippen LogP contribution in [0.25, 0.3) is 0 Å². The highest BCUT2D eigenvalue weighted by atomic mass is 79.9. The first-order valence-electron chi connectivity index (χ1n) is 7.12. The van der Waals surface area contributed by atoms with Crippen LogP contribution in [-0.2, 0) is 0 Å². The van der Waals surface area contributed by atoms with Gasteiger partial charge in [-0.25, -0.2) is 0 Å². The van der Waals surface area contributed by atoms with E-state index in [0.29, 0.717) is 12.0 Å². The molecular formula is C14H28BrNO. The fourth-order valence-electron chi connectivity index (χ4n) is 2.89. The first-order chi connectivity index (χ1) is 8.21. The van der Waals surface area contributed by atoms with Crippen LogP contribution in [0, 0.1) is 5.41 Å². The molecule has 2 nitrogen and oxygen atoms in total. The van der Waals surface area contributed by atoms with Crippen molar-refractivity contribution in [2.24, 2.45) is 5.41 Å². The highest BCUT2D eigenvalue weighted by molar-refractivity contribution is 9.09. The molecule has 1 unspecified atom stereocenters. The van der Waals surface area contributed by atoms with Crippen LogP contribution in [-0.4, -0.2) is 41.1 Å². The fraction of sp³-hybridized carbons (Fsp3) is 1.00. The van der Waals surface area contributed by atoms with E-state index in [1.807, 2.05) is 0 Å². The molecule has 0 saturated carbocycles. The molecule has 0 aromatic carbocycles. The molecule has 0 aromatic rings. The van der Waals surface area contributed by atoms with Crippen molar-refractivity contribution in [3.05, 3.63) is 0 Å². The molecule has 0 spiro atoms. The Morgan fingerprint density at radius 2 is 2.06 bits per heavy atom. The zero-order valence-electron chi connectivity index (χ0n) is 11.4. The molecule has 17 heavy (non-hydrogen) atoms. The standard InChI is InChI=1S/C14H28BrNO/c1-3-14(4-2,11-15)12-16-9-5-7-13(16)8-6-10-17/h13,17H,3-12H2,1-2H3. The Balaban J connectivity index is 2.52. The van der Waals surface area contributed by atoms with Crippen molar-refractivity contribution < 1.29 is 5.11 Å². The largest absolute Gasteiger partial charge is 0.396 e. The van der Waals surface area contributed by atoms with Gasteiger partial charge >= 0.3 is 0 Å². The van der Waals surface area contributed by atoms with Crippen molar-refractivity contribution in [1.82, 2.24) is 4.90 Å². The van der Waals surface area contributed by atoms with Gasteiger partial charge in [0.25, 0.3) is 0 Å². The lowest BCUT2D eigenvalue weighted by Crippen LogP contribution is -2.41. The molecular weight excluding hydrogens is 278 g/mol. The smallest absolute Gasteiger partial charge is 0.0431 e. The number of halogens is 1. The molecule has 1 aliphatic rings. The van der Waals surface area contributed by atoms with Gasteiger partial charge in [-0.05, 0) is 50.5 Å². The highest BCUT2D eigenvalue weighted by Crippen LogP contribution is 2.33. The van der Waals surface area contributed by atoms with Gasteiger partial charge in [-0.3, -0.25) is 4.90 Å². The van der Waals surface area contributed by atoms with Crippen molar-refractivity contribution in [3.63, 3.8) is 0 Å². The van der Waals surface area contributed by atoms with Crippen LogP contribution < -0.4 is 0 Å². The lowest BCUT2D eigenvalue weighted by molar-refractivity contribution is 0.137. The maximum absolute atomic E-state index is 8.96. The Hall–Kier alpha value is 0.400. The Bertz CT molecular complexity index is 198. The summed E-state index contributed by atoms with van der Waals surface area (Å²) in [5.41, 5.74) is 0.446. The van der Waals surface area contributed by atoms with Crippen molar-refractivity contribution in [1.29, 1.82) is 0 Å². The molecule has 1 atom stereocenters. The summed E-state index contributed by atoms with van der Waals surface area (Å²) in [7, 11) is 0. The van der Waals surface area contributed by atoms with Gasteiger partial charge < -0.3 is 5.11 Å². The predicted molar refractivity (Wildman–Crippen MR) is 77.7 cm³/mol. The summed E-state index contributed by atoms with van der Waals surface area (Å²) >= 11 is 3.71. The zero-order chi connectivity index (χ0) is 12.7. The zero-order valence-corrected chi connectivity index (χ0v) is 13.0. The molecule has 1 saturated heterocycles. The highest BCUT2D eigenvalue weighted by Gasteiger charge is 2.32. The number of aliphatic hydroxyl groups excluding tert-OH is 1. The van der Waals surface area contributed by atoms with Crippen molar-refractivity contribution in [3.8, 4) is 0 Å². The topological polar surface area (TPSA) is 23.5 Å². The minimum absolute atomic E-state index is 0.343. The van der Waals surface area contributed by atoms with Gasteiger partial charge in [-0.15, -0.1) is 0 Å². The molecule has 0 radical (unpaired) electrons. The summed E-state index contributed by atoms with van der Waals surface area (Å²) in [6.07, 6.45) is 7.28. The molecule has 1 aliphatic heterocycles. The molecule has 102 valence electrons. The molecule has 1 N–H and O–H groups in total. The first-order valence-corrected chi connectivity index (χ1v) is 8.24. The lowest BCUT2D eigenvalue weighted by Gasteiger charge is -2.37. The molecule has 1 rings (SSSR count). The number of likely N-dealkylation sites (tertiary alicyclic amines) is 1. The third kappa shape index (κ3) is 4.22. The molecule has 0 aliphatic carbocycles. The number of aliphatic hydroxyl groups is 1. The second kappa shape index (κ2) is 7.75. The summed E-state index contributed by atoms with van der Waals surface area (Å²) < 4.78 is 0. The Labute approximate surface area is 115 Å². The van der Waals surface area contributed by atoms with E-state index < -0.39 is 0 Å². The summed E-state index contributed by atoms with van der Waals surface area (Å²) in [6.45, 7) is 7.44. The number of nitrogens with zero attached hydrogens (tertiary/aromatic N) is 1. The van der Waals surface area contributed by atoms with E-state index in [2.05, 4.69) is 34.7 Å². The molecule has 1 heterocycles. The average Bonchev–Trinajstić information content (AvgIpc) is 2.80. The predicted octanol–water partition coefficient (Wildman–Crippen LogP) is 3.42. The Morgan fingerprint density at radius 3 is 2.59 bits per heavy atom. The molecule has 0 amide bonds. The van der Waals surface area contributed by atoms with Crippen LogP contribution in [0.4, 0.5) is 0 Å². The van der Waals surface area contributed by atoms with Crippen molar-refractivity contribution in [2.75, 3.05) is 25.0 Å². The maximum atomic E-state index is 8.96. The third-order valence-corrected chi connectivity index (χ3v) is 5.71. The third-order valence-electron chi connectivity index (χ3n) is 4.52. The van der Waals surface area contributed by atoms with Gasteiger partial charge in [0.15, 0.2) is 0 Å². The van der Waals surface area contributed by atoms with E-state index in [1.54, 1.807) is 0 Å². The van der Waals surface area contributed by atoms with Gasteiger partial charge in [0, 0.05) is 24.5 Å². The molecule has 0 aromatic heterocycles. The van der Waals surface area contributed by atoms with Gasteiger partial charge in [0.05, 0.1) is 0 Å². The van der Waals surface area contributed by atoms with Gasteiger partial charge in [-0.2, -0.15) is 0 Å². The molecule has 0 bridgehead atoms. The second-order valence-electron chi connectivity index (χ2n) is 5.47. The summed E-state index contributed by atoms with van der Waals surface area (Å²) in [6, 6.07) is 0.721. The number of rotatable bonds is 8. The van der Waals surface area contributed by atoms with E-state index in [9.17, 15) is 0 Å². The van der Waals surface area contributed by atoms with Gasteiger partial charge in [0.1, 0.15) is 0 Å². The lowest BCUT2D eigenvalue weighted by atomic mass is 9.84. The van der Waals surface area contributed by atoms with Crippen LogP contribution >= 0.6 is 15.9 Å². The fourth-order valence-corrected chi connectivity index (χ4v) is 3.86. The van der Waals surface area contributed by atoms with Crippen molar-refractivity contribution in [2.45, 2.75) is 58.4 Å². The van der Waals surface area contributed by atoms with E-state index in [1.165, 1.54) is 45.2 Å². The van der Waals surface area contributed by atoms with E-state index in [4.69, 9.17) is 5.11 Å². The van der Waals surface area contributed by atoms with Crippen molar-refractivity contribution >= 4 is 15.9 Å². The van der Waals surface area contributed by atoms with Crippen LogP contribution in [0.2, 0.25) is 0 Å². The van der Waals surface area contributed by atoms with E-state index in [-0.39, 0.29) is 0 Å². The van der Waals surface area contributed by atoms with E-state index >= 15 is 0 Å². The maximum Gasteiger partial charge on any atom is 0.0431 e. The average molecular weight is 306 g/mol. The first kappa shape index (κ1) is 15.5. The molecule has 1 fully saturated rings. The minimum Gasteiger partial charge on any atom is -0.396 e. The Kier molecular flexibility index (Phi) is 7.05. The number of hydrogen-bond donors (Lipinski definition) is 1. The quantitative estimate of drug-likeness (QED) is 0.695. The normalized spacial score (nSPS) is 22.2. The SMILES string of the molecule is CCC(CC)(CBr)CN1CCCC1CCCO. The van der Waals surface area contributed by atoms with Crippen LogP contribution in [0.15, 0.2) is 0 Å². The van der Waals surface area contributed by atoms with Gasteiger partial charge in [-0.1, -0.05) is 29.8 Å². The summed E-state index contributed by atoms with van der Waals surface area (Å²) in [5.74, 6) is 0.